The lowest BCUT2D eigenvalue weighted by molar-refractivity contribution is 0.227. The average Bonchev–Trinajstić information content (AvgIpc) is 3.09. The maximum Gasteiger partial charge on any atom is 0.188 e. The van der Waals surface area contributed by atoms with Crippen molar-refractivity contribution in [2.75, 3.05) is 11.1 Å². The average molecular weight is 430 g/mol. The number of nitrogens with one attached hydrogen (secondary N) is 1. The number of nitrogens with two attached hydrogens (primary N) is 1. The zero-order chi connectivity index (χ0) is 22.7. The molecular formula is C22H19FN8O. The van der Waals surface area contributed by atoms with E-state index in [9.17, 15) is 9.65 Å². The zero-order valence-corrected chi connectivity index (χ0v) is 17.3. The van der Waals surface area contributed by atoms with Gasteiger partial charge in [0.2, 0.25) is 0 Å². The number of rotatable bonds is 0. The van der Waals surface area contributed by atoms with Crippen LogP contribution in [-0.2, 0) is 7.05 Å². The van der Waals surface area contributed by atoms with E-state index in [0.29, 0.717) is 28.3 Å². The quantitative estimate of drug-likeness (QED) is 0.555. The van der Waals surface area contributed by atoms with E-state index < -0.39 is 11.9 Å². The highest BCUT2D eigenvalue weighted by atomic mass is 19.1. The molecule has 4 rings (SSSR count). The molecule has 32 heavy (non-hydrogen) atoms. The molecule has 2 aromatic heterocycles. The Kier molecular flexibility index (Phi) is 5.63. The van der Waals surface area contributed by atoms with Gasteiger partial charge in [-0.2, -0.15) is 10.4 Å². The van der Waals surface area contributed by atoms with Gasteiger partial charge in [-0.15, -0.1) is 10.2 Å². The monoisotopic (exact) mass is 430 g/mol. The van der Waals surface area contributed by atoms with Crippen LogP contribution in [0.1, 0.15) is 24.3 Å². The lowest BCUT2D eigenvalue weighted by Crippen LogP contribution is -2.09. The van der Waals surface area contributed by atoms with E-state index in [1.807, 2.05) is 0 Å². The number of nitrogen functional groups attached to an aromatic ring is 1. The van der Waals surface area contributed by atoms with E-state index in [0.717, 1.165) is 0 Å². The molecule has 3 N–H and O–H groups in total. The second-order valence-electron chi connectivity index (χ2n) is 6.92. The van der Waals surface area contributed by atoms with E-state index in [1.165, 1.54) is 16.8 Å². The second kappa shape index (κ2) is 8.69. The number of nitriles is 1. The minimum absolute atomic E-state index is 0.0582. The Hall–Kier alpha value is -4.52. The van der Waals surface area contributed by atoms with Crippen molar-refractivity contribution in [3.63, 3.8) is 0 Å². The standard InChI is InChI=1S/C22H19FN8O/c1-13-15-10-14(23)6-7-16(15)26-8-4-3-5-9-27-22-20(18(12-24)31(2)30-22)17-11-19(32-13)21(25)29-28-17/h3-11,13,26H,1-2H3,(H2,25,29)/b5-3-,8-4-,27-9+/t13-/m1/s1. The Balaban J connectivity index is 1.89. The van der Waals surface area contributed by atoms with Crippen LogP contribution in [0.3, 0.4) is 0 Å². The van der Waals surface area contributed by atoms with Crippen LogP contribution in [0, 0.1) is 17.1 Å². The molecule has 1 aliphatic heterocycles. The summed E-state index contributed by atoms with van der Waals surface area (Å²) in [5.74, 6) is 0.204. The van der Waals surface area contributed by atoms with E-state index in [2.05, 4.69) is 31.7 Å². The molecule has 160 valence electrons. The summed E-state index contributed by atoms with van der Waals surface area (Å²) in [6.45, 7) is 1.77. The van der Waals surface area contributed by atoms with Crippen molar-refractivity contribution in [2.24, 2.45) is 12.0 Å². The summed E-state index contributed by atoms with van der Waals surface area (Å²) in [6, 6.07) is 8.07. The summed E-state index contributed by atoms with van der Waals surface area (Å²) >= 11 is 0. The first-order valence-electron chi connectivity index (χ1n) is 9.67. The Morgan fingerprint density at radius 3 is 2.88 bits per heavy atom. The SMILES string of the molecule is C[C@H]1Oc2cc(nnc2N)-c2c(nn(C)c2C#N)/N=C/C=C\C=C/Nc2ccc(F)cc21. The van der Waals surface area contributed by atoms with Crippen LogP contribution in [0.15, 0.2) is 53.7 Å². The van der Waals surface area contributed by atoms with Crippen molar-refractivity contribution >= 4 is 23.5 Å². The largest absolute Gasteiger partial charge is 0.482 e. The molecule has 9 nitrogen and oxygen atoms in total. The first kappa shape index (κ1) is 20.7. The maximum atomic E-state index is 14.0. The molecule has 1 aromatic carbocycles. The van der Waals surface area contributed by atoms with Crippen LogP contribution in [0.2, 0.25) is 0 Å². The zero-order valence-electron chi connectivity index (χ0n) is 17.3. The Bertz CT molecular complexity index is 1300. The fourth-order valence-electron chi connectivity index (χ4n) is 3.24. The number of allylic oxidation sites excluding steroid dienone is 3. The van der Waals surface area contributed by atoms with E-state index >= 15 is 0 Å². The van der Waals surface area contributed by atoms with E-state index in [-0.39, 0.29) is 17.3 Å². The third-order valence-electron chi connectivity index (χ3n) is 4.77. The first-order valence-corrected chi connectivity index (χ1v) is 9.67. The molecule has 3 heterocycles. The molecule has 0 saturated carbocycles. The minimum Gasteiger partial charge on any atom is -0.482 e. The predicted molar refractivity (Wildman–Crippen MR) is 119 cm³/mol. The number of anilines is 2. The number of ether oxygens (including phenoxy) is 1. The van der Waals surface area contributed by atoms with Gasteiger partial charge in [-0.25, -0.2) is 9.38 Å². The van der Waals surface area contributed by atoms with Gasteiger partial charge in [0.05, 0.1) is 5.56 Å². The van der Waals surface area contributed by atoms with Gasteiger partial charge in [0.25, 0.3) is 0 Å². The predicted octanol–water partition coefficient (Wildman–Crippen LogP) is 3.81. The molecule has 0 fully saturated rings. The molecule has 0 saturated heterocycles. The van der Waals surface area contributed by atoms with Gasteiger partial charge < -0.3 is 15.8 Å². The van der Waals surface area contributed by atoms with E-state index in [1.54, 1.807) is 56.7 Å². The fraction of sp³-hybridized carbons (Fsp3) is 0.136. The number of fused-ring (bicyclic) bond motifs is 5. The number of aryl methyl sites for hydroxylation is 1. The van der Waals surface area contributed by atoms with Gasteiger partial charge in [0.1, 0.15) is 29.4 Å². The normalized spacial score (nSPS) is 18.2. The molecule has 0 spiro atoms. The summed E-state index contributed by atoms with van der Waals surface area (Å²) in [5.41, 5.74) is 8.25. The van der Waals surface area contributed by atoms with E-state index in [4.69, 9.17) is 10.5 Å². The fourth-order valence-corrected chi connectivity index (χ4v) is 3.24. The summed E-state index contributed by atoms with van der Waals surface area (Å²) in [5, 5.41) is 25.2. The number of hydrogen-bond donors (Lipinski definition) is 2. The molecule has 10 heteroatoms. The summed E-state index contributed by atoms with van der Waals surface area (Å²) in [7, 11) is 1.64. The Labute approximate surface area is 183 Å². The number of benzene rings is 1. The molecule has 2 bridgehead atoms. The van der Waals surface area contributed by atoms with Crippen molar-refractivity contribution in [1.29, 1.82) is 5.26 Å². The topological polar surface area (TPSA) is 127 Å². The van der Waals surface area contributed by atoms with Crippen molar-refractivity contribution in [1.82, 2.24) is 20.0 Å². The number of halogens is 1. The molecule has 3 aromatic rings. The van der Waals surface area contributed by atoms with Crippen molar-refractivity contribution in [3.05, 3.63) is 65.8 Å². The number of aliphatic imine (C=N–C) groups is 1. The number of aromatic nitrogens is 4. The van der Waals surface area contributed by atoms with Gasteiger partial charge in [-0.1, -0.05) is 6.08 Å². The molecular weight excluding hydrogens is 411 g/mol. The molecule has 0 aliphatic carbocycles. The third-order valence-corrected chi connectivity index (χ3v) is 4.77. The van der Waals surface area contributed by atoms with Gasteiger partial charge in [0.15, 0.2) is 17.4 Å². The van der Waals surface area contributed by atoms with Crippen molar-refractivity contribution < 1.29 is 9.13 Å². The summed E-state index contributed by atoms with van der Waals surface area (Å²) in [6.07, 6.45) is 7.93. The number of hydrogen-bond acceptors (Lipinski definition) is 8. The van der Waals surface area contributed by atoms with Crippen LogP contribution in [0.25, 0.3) is 11.3 Å². The lowest BCUT2D eigenvalue weighted by atomic mass is 10.1. The Morgan fingerprint density at radius 1 is 1.22 bits per heavy atom. The van der Waals surface area contributed by atoms with Gasteiger partial charge in [0, 0.05) is 36.8 Å². The van der Waals surface area contributed by atoms with Crippen LogP contribution in [-0.4, -0.2) is 26.2 Å². The molecule has 0 amide bonds. The van der Waals surface area contributed by atoms with Gasteiger partial charge >= 0.3 is 0 Å². The third kappa shape index (κ3) is 4.04. The minimum atomic E-state index is -0.578. The molecule has 1 aliphatic rings. The number of nitrogens with zero attached hydrogens (tertiary/aromatic N) is 6. The van der Waals surface area contributed by atoms with Crippen LogP contribution in [0.5, 0.6) is 5.75 Å². The highest BCUT2D eigenvalue weighted by molar-refractivity contribution is 5.82. The molecule has 0 unspecified atom stereocenters. The van der Waals surface area contributed by atoms with Gasteiger partial charge in [-0.3, -0.25) is 4.68 Å². The lowest BCUT2D eigenvalue weighted by Gasteiger charge is -2.19. The molecule has 1 atom stereocenters. The second-order valence-corrected chi connectivity index (χ2v) is 6.92. The van der Waals surface area contributed by atoms with Crippen LogP contribution >= 0.6 is 0 Å². The first-order chi connectivity index (χ1) is 15.5. The van der Waals surface area contributed by atoms with Crippen molar-refractivity contribution in [3.8, 4) is 23.1 Å². The maximum absolute atomic E-state index is 14.0. The molecule has 0 radical (unpaired) electrons. The van der Waals surface area contributed by atoms with Crippen LogP contribution in [0.4, 0.5) is 21.7 Å². The Morgan fingerprint density at radius 2 is 2.06 bits per heavy atom. The highest BCUT2D eigenvalue weighted by Gasteiger charge is 2.22. The van der Waals surface area contributed by atoms with Crippen LogP contribution < -0.4 is 15.8 Å². The summed E-state index contributed by atoms with van der Waals surface area (Å²) in [4.78, 5) is 4.35. The summed E-state index contributed by atoms with van der Waals surface area (Å²) < 4.78 is 21.4. The van der Waals surface area contributed by atoms with Crippen molar-refractivity contribution in [2.45, 2.75) is 13.0 Å². The highest BCUT2D eigenvalue weighted by Crippen LogP contribution is 2.36. The smallest absolute Gasteiger partial charge is 0.188 e. The van der Waals surface area contributed by atoms with Gasteiger partial charge in [-0.05, 0) is 37.3 Å².